The molecule has 86 valence electrons. The topological polar surface area (TPSA) is 37.4 Å². The maximum atomic E-state index is 12.1. The summed E-state index contributed by atoms with van der Waals surface area (Å²) in [5.41, 5.74) is 0. The van der Waals surface area contributed by atoms with Gasteiger partial charge in [0.05, 0.1) is 4.91 Å². The Morgan fingerprint density at radius 3 is 2.53 bits per heavy atom. The Hall–Kier alpha value is -0.610. The number of rotatable bonds is 5. The number of sulfonamides is 1. The van der Waals surface area contributed by atoms with E-state index < -0.39 is 10.0 Å². The summed E-state index contributed by atoms with van der Waals surface area (Å²) in [4.78, 5) is 0.462. The predicted molar refractivity (Wildman–Crippen MR) is 62.9 cm³/mol. The van der Waals surface area contributed by atoms with E-state index >= 15 is 0 Å². The zero-order chi connectivity index (χ0) is 11.3. The molecule has 0 atom stereocenters. The van der Waals surface area contributed by atoms with Crippen molar-refractivity contribution in [3.8, 4) is 0 Å². The second-order valence-corrected chi connectivity index (χ2v) is 5.52. The fourth-order valence-corrected chi connectivity index (χ4v) is 3.29. The van der Waals surface area contributed by atoms with E-state index in [2.05, 4.69) is 0 Å². The van der Waals surface area contributed by atoms with Gasteiger partial charge in [-0.1, -0.05) is 26.0 Å². The first-order valence-electron chi connectivity index (χ1n) is 5.49. The summed E-state index contributed by atoms with van der Waals surface area (Å²) >= 11 is 0. The first-order valence-corrected chi connectivity index (χ1v) is 6.93. The number of hydrogen-bond donors (Lipinski definition) is 0. The lowest BCUT2D eigenvalue weighted by Gasteiger charge is -2.21. The summed E-state index contributed by atoms with van der Waals surface area (Å²) in [5.74, 6) is 0. The fraction of sp³-hybridized carbons (Fsp3) is 0.636. The van der Waals surface area contributed by atoms with Gasteiger partial charge in [-0.15, -0.1) is 0 Å². The van der Waals surface area contributed by atoms with Crippen molar-refractivity contribution in [2.45, 2.75) is 33.1 Å². The molecule has 1 aliphatic carbocycles. The van der Waals surface area contributed by atoms with Crippen LogP contribution >= 0.6 is 0 Å². The summed E-state index contributed by atoms with van der Waals surface area (Å²) in [5, 5.41) is 0. The molecule has 0 N–H and O–H groups in total. The molecule has 0 heterocycles. The van der Waals surface area contributed by atoms with E-state index in [0.717, 1.165) is 19.3 Å². The molecule has 3 nitrogen and oxygen atoms in total. The highest BCUT2D eigenvalue weighted by Crippen LogP contribution is 2.19. The molecule has 1 rings (SSSR count). The maximum absolute atomic E-state index is 12.1. The number of allylic oxidation sites excluding steroid dienone is 3. The van der Waals surface area contributed by atoms with Crippen LogP contribution in [-0.4, -0.2) is 25.8 Å². The normalized spacial score (nSPS) is 16.9. The summed E-state index contributed by atoms with van der Waals surface area (Å²) in [6, 6.07) is 0. The molecular formula is C11H19NO2S. The van der Waals surface area contributed by atoms with Gasteiger partial charge in [0.25, 0.3) is 0 Å². The third-order valence-corrected chi connectivity index (χ3v) is 4.44. The molecule has 0 saturated carbocycles. The zero-order valence-corrected chi connectivity index (χ0v) is 10.3. The third-order valence-electron chi connectivity index (χ3n) is 2.42. The lowest BCUT2D eigenvalue weighted by molar-refractivity contribution is 0.432. The van der Waals surface area contributed by atoms with Gasteiger partial charge >= 0.3 is 0 Å². The van der Waals surface area contributed by atoms with Gasteiger partial charge in [-0.2, -0.15) is 4.31 Å². The molecule has 4 heteroatoms. The SMILES string of the molecule is CCCN(CC)S(=O)(=O)C1=CCCC=C1. The number of nitrogens with zero attached hydrogens (tertiary/aromatic N) is 1. The minimum absolute atomic E-state index is 0.462. The van der Waals surface area contributed by atoms with Gasteiger partial charge in [-0.25, -0.2) is 8.42 Å². The second-order valence-electron chi connectivity index (χ2n) is 3.58. The van der Waals surface area contributed by atoms with E-state index in [1.807, 2.05) is 26.0 Å². The molecule has 15 heavy (non-hydrogen) atoms. The quantitative estimate of drug-likeness (QED) is 0.725. The molecule has 0 aromatic rings. The molecule has 0 unspecified atom stereocenters. The molecule has 1 aliphatic rings. The highest BCUT2D eigenvalue weighted by atomic mass is 32.2. The average Bonchev–Trinajstić information content (AvgIpc) is 2.27. The molecule has 0 radical (unpaired) electrons. The van der Waals surface area contributed by atoms with Gasteiger partial charge in [0.1, 0.15) is 0 Å². The Kier molecular flexibility index (Phi) is 4.54. The molecule has 0 aromatic heterocycles. The fourth-order valence-electron chi connectivity index (χ4n) is 1.63. The van der Waals surface area contributed by atoms with Crippen molar-refractivity contribution >= 4 is 10.0 Å². The maximum Gasteiger partial charge on any atom is 0.242 e. The van der Waals surface area contributed by atoms with Gasteiger partial charge in [-0.05, 0) is 25.3 Å². The third kappa shape index (κ3) is 2.92. The summed E-state index contributed by atoms with van der Waals surface area (Å²) in [7, 11) is -3.23. The second kappa shape index (κ2) is 5.47. The smallest absolute Gasteiger partial charge is 0.207 e. The van der Waals surface area contributed by atoms with Crippen molar-refractivity contribution in [2.75, 3.05) is 13.1 Å². The van der Waals surface area contributed by atoms with Crippen LogP contribution in [0.4, 0.5) is 0 Å². The van der Waals surface area contributed by atoms with E-state index in [0.29, 0.717) is 18.0 Å². The Bertz CT molecular complexity index is 355. The van der Waals surface area contributed by atoms with E-state index in [9.17, 15) is 8.42 Å². The van der Waals surface area contributed by atoms with Crippen LogP contribution in [0.25, 0.3) is 0 Å². The van der Waals surface area contributed by atoms with Gasteiger partial charge in [-0.3, -0.25) is 0 Å². The van der Waals surface area contributed by atoms with Gasteiger partial charge < -0.3 is 0 Å². The Morgan fingerprint density at radius 1 is 1.33 bits per heavy atom. The zero-order valence-electron chi connectivity index (χ0n) is 9.44. The van der Waals surface area contributed by atoms with Crippen LogP contribution in [0.3, 0.4) is 0 Å². The summed E-state index contributed by atoms with van der Waals surface area (Å²) in [6.45, 7) is 5.01. The van der Waals surface area contributed by atoms with E-state index in [1.54, 1.807) is 6.08 Å². The van der Waals surface area contributed by atoms with Crippen molar-refractivity contribution in [2.24, 2.45) is 0 Å². The predicted octanol–water partition coefficient (Wildman–Crippen LogP) is 2.28. The average molecular weight is 229 g/mol. The van der Waals surface area contributed by atoms with Crippen molar-refractivity contribution < 1.29 is 8.42 Å². The van der Waals surface area contributed by atoms with Crippen LogP contribution in [0.5, 0.6) is 0 Å². The number of hydrogen-bond acceptors (Lipinski definition) is 2. The molecule has 0 amide bonds. The lowest BCUT2D eigenvalue weighted by atomic mass is 10.2. The van der Waals surface area contributed by atoms with Crippen LogP contribution in [-0.2, 0) is 10.0 Å². The first kappa shape index (κ1) is 12.5. The minimum Gasteiger partial charge on any atom is -0.207 e. The van der Waals surface area contributed by atoms with Gasteiger partial charge in [0, 0.05) is 13.1 Å². The van der Waals surface area contributed by atoms with E-state index in [4.69, 9.17) is 0 Å². The van der Waals surface area contributed by atoms with Crippen LogP contribution in [0, 0.1) is 0 Å². The molecule has 0 spiro atoms. The molecule has 0 bridgehead atoms. The monoisotopic (exact) mass is 229 g/mol. The van der Waals surface area contributed by atoms with Crippen LogP contribution < -0.4 is 0 Å². The van der Waals surface area contributed by atoms with Crippen molar-refractivity contribution in [1.82, 2.24) is 4.31 Å². The molecule has 0 aromatic carbocycles. The molecule has 0 saturated heterocycles. The van der Waals surface area contributed by atoms with Gasteiger partial charge in [0.2, 0.25) is 10.0 Å². The summed E-state index contributed by atoms with van der Waals surface area (Å²) < 4.78 is 25.8. The highest BCUT2D eigenvalue weighted by Gasteiger charge is 2.23. The van der Waals surface area contributed by atoms with Crippen LogP contribution in [0.1, 0.15) is 33.1 Å². The Balaban J connectivity index is 2.89. The highest BCUT2D eigenvalue weighted by molar-refractivity contribution is 7.93. The van der Waals surface area contributed by atoms with E-state index in [-0.39, 0.29) is 0 Å². The minimum atomic E-state index is -3.23. The van der Waals surface area contributed by atoms with Crippen molar-refractivity contribution in [3.63, 3.8) is 0 Å². The standard InChI is InChI=1S/C11H19NO2S/c1-3-10-12(4-2)15(13,14)11-8-6-5-7-9-11/h6,8-9H,3-5,7,10H2,1-2H3. The lowest BCUT2D eigenvalue weighted by Crippen LogP contribution is -2.32. The summed E-state index contributed by atoms with van der Waals surface area (Å²) in [6.07, 6.45) is 8.08. The van der Waals surface area contributed by atoms with E-state index in [1.165, 1.54) is 4.31 Å². The largest absolute Gasteiger partial charge is 0.242 e. The van der Waals surface area contributed by atoms with Crippen molar-refractivity contribution in [3.05, 3.63) is 23.1 Å². The first-order chi connectivity index (χ1) is 7.12. The Morgan fingerprint density at radius 2 is 2.07 bits per heavy atom. The van der Waals surface area contributed by atoms with Gasteiger partial charge in [0.15, 0.2) is 0 Å². The Labute approximate surface area is 92.5 Å². The molecule has 0 aliphatic heterocycles. The molecule has 0 fully saturated rings. The van der Waals surface area contributed by atoms with Crippen LogP contribution in [0.2, 0.25) is 0 Å². The van der Waals surface area contributed by atoms with Crippen LogP contribution in [0.15, 0.2) is 23.1 Å². The molecular weight excluding hydrogens is 210 g/mol. The van der Waals surface area contributed by atoms with Crippen molar-refractivity contribution in [1.29, 1.82) is 0 Å².